The molecule has 4 aromatic rings. The molecule has 0 bridgehead atoms. The second-order valence-electron chi connectivity index (χ2n) is 4.87. The second kappa shape index (κ2) is 8.30. The molecule has 0 radical (unpaired) electrons. The van der Waals surface area contributed by atoms with Crippen molar-refractivity contribution >= 4 is 63.7 Å². The number of nitrogens with zero attached hydrogens (tertiary/aromatic N) is 7. The van der Waals surface area contributed by atoms with Crippen LogP contribution in [0.15, 0.2) is 40.6 Å². The lowest BCUT2D eigenvalue weighted by Gasteiger charge is -2.00. The highest BCUT2D eigenvalue weighted by atomic mass is 35.5. The summed E-state index contributed by atoms with van der Waals surface area (Å²) >= 11 is 14.5. The number of halogens is 2. The van der Waals surface area contributed by atoms with Crippen LogP contribution in [0.1, 0.15) is 0 Å². The molecule has 4 heterocycles. The van der Waals surface area contributed by atoms with Gasteiger partial charge in [-0.05, 0) is 12.5 Å². The Morgan fingerprint density at radius 1 is 1.04 bits per heavy atom. The molecule has 0 unspecified atom stereocenters. The molecule has 0 saturated heterocycles. The topological polar surface area (TPSA) is 104 Å². The summed E-state index contributed by atoms with van der Waals surface area (Å²) in [6.45, 7) is 0. The lowest BCUT2D eigenvalue weighted by molar-refractivity contribution is -0.383. The van der Waals surface area contributed by atoms with Crippen molar-refractivity contribution in [1.29, 1.82) is 0 Å². The summed E-state index contributed by atoms with van der Waals surface area (Å²) in [6.07, 6.45) is 6.68. The minimum absolute atomic E-state index is 0.146. The summed E-state index contributed by atoms with van der Waals surface area (Å²) in [5, 5.41) is 21.1. The van der Waals surface area contributed by atoms with E-state index in [2.05, 4.69) is 20.2 Å². The molecule has 0 aliphatic heterocycles. The van der Waals surface area contributed by atoms with Crippen LogP contribution in [0.2, 0.25) is 10.3 Å². The van der Waals surface area contributed by atoms with Gasteiger partial charge in [0, 0.05) is 18.2 Å². The van der Waals surface area contributed by atoms with Gasteiger partial charge in [-0.1, -0.05) is 23.2 Å². The molecule has 0 amide bonds. The number of rotatable bonds is 3. The zero-order chi connectivity index (χ0) is 19.6. The molecule has 0 N–H and O–H groups in total. The number of nitro groups is 1. The Labute approximate surface area is 171 Å². The fraction of sp³-hybridized carbons (Fsp3) is 0.143. The molecular weight excluding hydrogens is 433 g/mol. The fourth-order valence-electron chi connectivity index (χ4n) is 2.17. The maximum atomic E-state index is 10.6. The fourth-order valence-corrected chi connectivity index (χ4v) is 3.75. The van der Waals surface area contributed by atoms with E-state index in [4.69, 9.17) is 23.2 Å². The molecule has 4 rings (SSSR count). The van der Waals surface area contributed by atoms with Crippen molar-refractivity contribution in [3.05, 3.63) is 51.0 Å². The van der Waals surface area contributed by atoms with Crippen LogP contribution in [-0.4, -0.2) is 46.6 Å². The van der Waals surface area contributed by atoms with Gasteiger partial charge in [0.25, 0.3) is 0 Å². The van der Waals surface area contributed by atoms with Crippen molar-refractivity contribution in [2.45, 2.75) is 10.1 Å². The molecule has 9 nitrogen and oxygen atoms in total. The highest BCUT2D eigenvalue weighted by Crippen LogP contribution is 2.25. The van der Waals surface area contributed by atoms with E-state index in [0.717, 1.165) is 10.7 Å². The van der Waals surface area contributed by atoms with E-state index in [9.17, 15) is 10.1 Å². The van der Waals surface area contributed by atoms with Gasteiger partial charge in [0.15, 0.2) is 5.65 Å². The van der Waals surface area contributed by atoms with Gasteiger partial charge >= 0.3 is 5.69 Å². The van der Waals surface area contributed by atoms with Crippen LogP contribution >= 0.6 is 46.7 Å². The van der Waals surface area contributed by atoms with E-state index in [0.29, 0.717) is 10.2 Å². The summed E-state index contributed by atoms with van der Waals surface area (Å²) in [4.78, 5) is 18.1. The third-order valence-corrected chi connectivity index (χ3v) is 5.11. The van der Waals surface area contributed by atoms with Gasteiger partial charge in [0.2, 0.25) is 5.65 Å². The van der Waals surface area contributed by atoms with Crippen molar-refractivity contribution in [3.63, 3.8) is 0 Å². The van der Waals surface area contributed by atoms with E-state index in [1.807, 2.05) is 18.6 Å². The molecule has 0 fully saturated rings. The quantitative estimate of drug-likeness (QED) is 0.201. The lowest BCUT2D eigenvalue weighted by atomic mass is 10.5. The average Bonchev–Trinajstić information content (AvgIpc) is 3.27. The monoisotopic (exact) mass is 443 g/mol. The number of thioether (sulfide) groups is 2. The number of hydrogen-bond donors (Lipinski definition) is 0. The minimum atomic E-state index is -0.532. The van der Waals surface area contributed by atoms with Crippen LogP contribution < -0.4 is 0 Å². The molecule has 0 spiro atoms. The molecule has 0 atom stereocenters. The average molecular weight is 444 g/mol. The van der Waals surface area contributed by atoms with Crippen molar-refractivity contribution in [3.8, 4) is 0 Å². The summed E-state index contributed by atoms with van der Waals surface area (Å²) in [5.41, 5.74) is 0.802. The van der Waals surface area contributed by atoms with Crippen LogP contribution in [0.25, 0.3) is 11.3 Å². The summed E-state index contributed by atoms with van der Waals surface area (Å²) in [6, 6.07) is 5.23. The molecule has 27 heavy (non-hydrogen) atoms. The smallest absolute Gasteiger partial charge is 0.258 e. The van der Waals surface area contributed by atoms with Crippen LogP contribution in [0.4, 0.5) is 5.69 Å². The minimum Gasteiger partial charge on any atom is -0.258 e. The van der Waals surface area contributed by atoms with E-state index in [1.54, 1.807) is 34.6 Å². The van der Waals surface area contributed by atoms with Gasteiger partial charge in [0.05, 0.1) is 11.1 Å². The molecule has 4 aromatic heterocycles. The van der Waals surface area contributed by atoms with E-state index >= 15 is 0 Å². The maximum Gasteiger partial charge on any atom is 0.333 e. The Hall–Kier alpha value is -2.08. The number of fused-ring (bicyclic) bond motifs is 2. The molecule has 0 aromatic carbocycles. The standard InChI is InChI=1S/C7H5ClN4O2S.C7H6ClN3S/c1-15-6-2-5(8)10-7-4(12(13)14)3-9-11(6)7;1-12-7-4-5(8)10-6-2-3-9-11(6)7/h2-3H,1H3;2-4H,1H3. The van der Waals surface area contributed by atoms with Crippen molar-refractivity contribution < 1.29 is 4.92 Å². The second-order valence-corrected chi connectivity index (χ2v) is 7.29. The highest BCUT2D eigenvalue weighted by molar-refractivity contribution is 7.98. The first-order valence-electron chi connectivity index (χ1n) is 7.21. The summed E-state index contributed by atoms with van der Waals surface area (Å²) in [7, 11) is 0. The molecule has 13 heteroatoms. The Balaban J connectivity index is 0.000000159. The van der Waals surface area contributed by atoms with E-state index in [1.165, 1.54) is 22.5 Å². The van der Waals surface area contributed by atoms with Gasteiger partial charge in [0.1, 0.15) is 26.6 Å². The van der Waals surface area contributed by atoms with Gasteiger partial charge in [-0.3, -0.25) is 10.1 Å². The molecule has 0 aliphatic carbocycles. The van der Waals surface area contributed by atoms with Crippen molar-refractivity contribution in [2.75, 3.05) is 12.5 Å². The first kappa shape index (κ1) is 19.7. The first-order valence-corrected chi connectivity index (χ1v) is 10.4. The summed E-state index contributed by atoms with van der Waals surface area (Å²) in [5.74, 6) is 0. The normalized spacial score (nSPS) is 10.8. The van der Waals surface area contributed by atoms with Crippen LogP contribution in [-0.2, 0) is 0 Å². The van der Waals surface area contributed by atoms with Crippen LogP contribution in [0.3, 0.4) is 0 Å². The van der Waals surface area contributed by atoms with E-state index in [-0.39, 0.29) is 16.5 Å². The van der Waals surface area contributed by atoms with Gasteiger partial charge in [-0.25, -0.2) is 19.0 Å². The Kier molecular flexibility index (Phi) is 6.05. The lowest BCUT2D eigenvalue weighted by Crippen LogP contribution is -1.96. The zero-order valence-electron chi connectivity index (χ0n) is 13.9. The Bertz CT molecular complexity index is 1130. The van der Waals surface area contributed by atoms with Crippen LogP contribution in [0, 0.1) is 10.1 Å². The Morgan fingerprint density at radius 3 is 2.30 bits per heavy atom. The molecule has 0 saturated carbocycles. The van der Waals surface area contributed by atoms with Crippen LogP contribution in [0.5, 0.6) is 0 Å². The predicted octanol–water partition coefficient (Wildman–Crippen LogP) is 4.12. The SMILES string of the molecule is CSc1cc(Cl)nc2c([N+](=O)[O-])cnn12.CSc1cc(Cl)nc2ccnn12. The molecule has 0 aliphatic rings. The number of hydrogen-bond acceptors (Lipinski definition) is 8. The largest absolute Gasteiger partial charge is 0.333 e. The summed E-state index contributed by atoms with van der Waals surface area (Å²) < 4.78 is 3.16. The third-order valence-electron chi connectivity index (χ3n) is 3.30. The van der Waals surface area contributed by atoms with Crippen molar-refractivity contribution in [2.24, 2.45) is 0 Å². The van der Waals surface area contributed by atoms with Gasteiger partial charge in [-0.2, -0.15) is 10.2 Å². The predicted molar refractivity (Wildman–Crippen MR) is 106 cm³/mol. The van der Waals surface area contributed by atoms with E-state index < -0.39 is 4.92 Å². The van der Waals surface area contributed by atoms with Gasteiger partial charge in [-0.15, -0.1) is 23.5 Å². The first-order chi connectivity index (χ1) is 12.9. The number of aromatic nitrogens is 6. The zero-order valence-corrected chi connectivity index (χ0v) is 17.1. The molecule has 140 valence electrons. The third kappa shape index (κ3) is 4.10. The van der Waals surface area contributed by atoms with Gasteiger partial charge < -0.3 is 0 Å². The maximum absolute atomic E-state index is 10.6. The van der Waals surface area contributed by atoms with Crippen molar-refractivity contribution in [1.82, 2.24) is 29.2 Å². The molecular formula is C14H11Cl2N7O2S2. The Morgan fingerprint density at radius 2 is 1.67 bits per heavy atom. The highest BCUT2D eigenvalue weighted by Gasteiger charge is 2.18.